The fourth-order valence-corrected chi connectivity index (χ4v) is 6.50. The lowest BCUT2D eigenvalue weighted by Gasteiger charge is -2.30. The molecule has 1 atom stereocenters. The van der Waals surface area contributed by atoms with Crippen molar-refractivity contribution in [2.45, 2.75) is 31.1 Å². The van der Waals surface area contributed by atoms with Crippen LogP contribution in [0.5, 0.6) is 5.75 Å². The Labute approximate surface area is 216 Å². The smallest absolute Gasteiger partial charge is 0.264 e. The molecule has 0 bridgehead atoms. The summed E-state index contributed by atoms with van der Waals surface area (Å²) in [6.07, 6.45) is 1.70. The number of methoxy groups -OCH3 is 1. The van der Waals surface area contributed by atoms with E-state index in [4.69, 9.17) is 4.74 Å². The SMILES string of the molecule is COc1ccc(C)cc1N1CC(C(=O)Nc2ccc(S(=O)(=O)N3CCCc4ccccc43)cc2)CC1=O. The minimum absolute atomic E-state index is 0.0871. The van der Waals surface area contributed by atoms with E-state index in [0.717, 1.165) is 24.0 Å². The van der Waals surface area contributed by atoms with E-state index < -0.39 is 15.9 Å². The zero-order chi connectivity index (χ0) is 26.2. The second-order valence-electron chi connectivity index (χ2n) is 9.40. The third kappa shape index (κ3) is 4.79. The topological polar surface area (TPSA) is 96.0 Å². The van der Waals surface area contributed by atoms with Gasteiger partial charge in [-0.2, -0.15) is 0 Å². The summed E-state index contributed by atoms with van der Waals surface area (Å²) in [6, 6.07) is 19.3. The highest BCUT2D eigenvalue weighted by Gasteiger charge is 2.36. The summed E-state index contributed by atoms with van der Waals surface area (Å²) in [7, 11) is -2.19. The molecule has 192 valence electrons. The molecule has 2 aliphatic rings. The third-order valence-corrected chi connectivity index (χ3v) is 8.73. The fourth-order valence-electron chi connectivity index (χ4n) is 4.96. The molecule has 0 saturated carbocycles. The number of carbonyl (C=O) groups is 2. The van der Waals surface area contributed by atoms with Crippen LogP contribution in [0.1, 0.15) is 24.0 Å². The first-order valence-corrected chi connectivity index (χ1v) is 13.7. The van der Waals surface area contributed by atoms with E-state index in [2.05, 4.69) is 5.32 Å². The summed E-state index contributed by atoms with van der Waals surface area (Å²) < 4.78 is 33.6. The number of amides is 2. The van der Waals surface area contributed by atoms with Crippen LogP contribution in [0.25, 0.3) is 0 Å². The number of hydrogen-bond donors (Lipinski definition) is 1. The van der Waals surface area contributed by atoms with Gasteiger partial charge in [0.05, 0.1) is 29.3 Å². The maximum absolute atomic E-state index is 13.4. The molecule has 37 heavy (non-hydrogen) atoms. The van der Waals surface area contributed by atoms with Gasteiger partial charge in [-0.05, 0) is 73.4 Å². The first-order chi connectivity index (χ1) is 17.8. The number of carbonyl (C=O) groups excluding carboxylic acids is 2. The largest absolute Gasteiger partial charge is 0.495 e. The zero-order valence-electron chi connectivity index (χ0n) is 20.8. The van der Waals surface area contributed by atoms with Gasteiger partial charge in [0.2, 0.25) is 11.8 Å². The first kappa shape index (κ1) is 24.8. The Balaban J connectivity index is 1.28. The first-order valence-electron chi connectivity index (χ1n) is 12.2. The third-order valence-electron chi connectivity index (χ3n) is 6.90. The number of nitrogens with one attached hydrogen (secondary N) is 1. The highest BCUT2D eigenvalue weighted by Crippen LogP contribution is 2.35. The molecule has 2 amide bonds. The van der Waals surface area contributed by atoms with Gasteiger partial charge in [0.1, 0.15) is 5.75 Å². The van der Waals surface area contributed by atoms with E-state index in [-0.39, 0.29) is 29.7 Å². The van der Waals surface area contributed by atoms with Crippen LogP contribution >= 0.6 is 0 Å². The van der Waals surface area contributed by atoms with Crippen LogP contribution in [0.3, 0.4) is 0 Å². The number of para-hydroxylation sites is 1. The van der Waals surface area contributed by atoms with Gasteiger partial charge in [0.15, 0.2) is 0 Å². The van der Waals surface area contributed by atoms with E-state index in [0.29, 0.717) is 29.4 Å². The highest BCUT2D eigenvalue weighted by molar-refractivity contribution is 7.92. The van der Waals surface area contributed by atoms with Crippen molar-refractivity contribution in [3.63, 3.8) is 0 Å². The normalized spacial score (nSPS) is 17.5. The molecule has 1 unspecified atom stereocenters. The number of anilines is 3. The van der Waals surface area contributed by atoms with Crippen molar-refractivity contribution in [2.75, 3.05) is 34.7 Å². The number of nitrogens with zero attached hydrogens (tertiary/aromatic N) is 2. The van der Waals surface area contributed by atoms with Crippen LogP contribution in [-0.4, -0.2) is 40.4 Å². The van der Waals surface area contributed by atoms with E-state index in [9.17, 15) is 18.0 Å². The van der Waals surface area contributed by atoms with Crippen molar-refractivity contribution < 1.29 is 22.7 Å². The molecule has 0 aliphatic carbocycles. The molecule has 8 nitrogen and oxygen atoms in total. The Morgan fingerprint density at radius 3 is 2.54 bits per heavy atom. The molecule has 1 N–H and O–H groups in total. The minimum Gasteiger partial charge on any atom is -0.495 e. The van der Waals surface area contributed by atoms with Gasteiger partial charge in [-0.25, -0.2) is 8.42 Å². The van der Waals surface area contributed by atoms with Crippen LogP contribution in [0.4, 0.5) is 17.1 Å². The van der Waals surface area contributed by atoms with Crippen molar-refractivity contribution >= 4 is 38.9 Å². The second-order valence-corrected chi connectivity index (χ2v) is 11.3. The molecule has 0 aromatic heterocycles. The number of ether oxygens (including phenoxy) is 1. The Kier molecular flexibility index (Phi) is 6.64. The molecule has 1 fully saturated rings. The maximum Gasteiger partial charge on any atom is 0.264 e. The summed E-state index contributed by atoms with van der Waals surface area (Å²) in [5.41, 5.74) is 3.84. The van der Waals surface area contributed by atoms with Gasteiger partial charge in [0.25, 0.3) is 10.0 Å². The predicted molar refractivity (Wildman–Crippen MR) is 143 cm³/mol. The van der Waals surface area contributed by atoms with Gasteiger partial charge >= 0.3 is 0 Å². The van der Waals surface area contributed by atoms with Crippen LogP contribution in [0.2, 0.25) is 0 Å². The van der Waals surface area contributed by atoms with Crippen LogP contribution in [-0.2, 0) is 26.0 Å². The second kappa shape index (κ2) is 9.89. The van der Waals surface area contributed by atoms with Crippen molar-refractivity contribution in [1.29, 1.82) is 0 Å². The lowest BCUT2D eigenvalue weighted by Crippen LogP contribution is -2.35. The molecule has 3 aromatic carbocycles. The Morgan fingerprint density at radius 2 is 1.78 bits per heavy atom. The molecule has 0 radical (unpaired) electrons. The Bertz CT molecular complexity index is 1450. The summed E-state index contributed by atoms with van der Waals surface area (Å²) >= 11 is 0. The number of fused-ring (bicyclic) bond motifs is 1. The molecular formula is C28H29N3O5S. The molecular weight excluding hydrogens is 490 g/mol. The zero-order valence-corrected chi connectivity index (χ0v) is 21.6. The highest BCUT2D eigenvalue weighted by atomic mass is 32.2. The minimum atomic E-state index is -3.73. The van der Waals surface area contributed by atoms with Gasteiger partial charge in [-0.1, -0.05) is 24.3 Å². The summed E-state index contributed by atoms with van der Waals surface area (Å²) in [6.45, 7) is 2.60. The van der Waals surface area contributed by atoms with Crippen LogP contribution in [0, 0.1) is 12.8 Å². The van der Waals surface area contributed by atoms with Crippen molar-refractivity contribution in [1.82, 2.24) is 0 Å². The number of hydrogen-bond acceptors (Lipinski definition) is 5. The molecule has 5 rings (SSSR count). The van der Waals surface area contributed by atoms with Gasteiger partial charge in [0, 0.05) is 25.2 Å². The van der Waals surface area contributed by atoms with Gasteiger partial charge in [-0.15, -0.1) is 0 Å². The molecule has 1 saturated heterocycles. The van der Waals surface area contributed by atoms with Crippen molar-refractivity contribution in [3.05, 3.63) is 77.9 Å². The molecule has 2 aliphatic heterocycles. The lowest BCUT2D eigenvalue weighted by molar-refractivity contribution is -0.122. The van der Waals surface area contributed by atoms with E-state index >= 15 is 0 Å². The van der Waals surface area contributed by atoms with E-state index in [1.54, 1.807) is 24.1 Å². The Hall–Kier alpha value is -3.85. The quantitative estimate of drug-likeness (QED) is 0.528. The van der Waals surface area contributed by atoms with Crippen molar-refractivity contribution in [3.8, 4) is 5.75 Å². The summed E-state index contributed by atoms with van der Waals surface area (Å²) in [4.78, 5) is 27.5. The van der Waals surface area contributed by atoms with Crippen molar-refractivity contribution in [2.24, 2.45) is 5.92 Å². The average Bonchev–Trinajstić information content (AvgIpc) is 3.30. The number of aryl methyl sites for hydroxylation is 2. The molecule has 9 heteroatoms. The molecule has 3 aromatic rings. The average molecular weight is 520 g/mol. The monoisotopic (exact) mass is 519 g/mol. The van der Waals surface area contributed by atoms with E-state index in [1.807, 2.05) is 49.4 Å². The molecule has 2 heterocycles. The number of rotatable bonds is 6. The standard InChI is InChI=1S/C28H29N3O5S/c1-19-9-14-26(36-2)25(16-19)30-18-21(17-27(30)32)28(33)29-22-10-12-23(13-11-22)37(34,35)31-15-5-7-20-6-3-4-8-24(20)31/h3-4,6,8-14,16,21H,5,7,15,17-18H2,1-2H3,(H,29,33). The van der Waals surface area contributed by atoms with Crippen LogP contribution < -0.4 is 19.3 Å². The fraction of sp³-hybridized carbons (Fsp3) is 0.286. The predicted octanol–water partition coefficient (Wildman–Crippen LogP) is 4.14. The number of sulfonamides is 1. The van der Waals surface area contributed by atoms with Gasteiger partial charge < -0.3 is 15.0 Å². The van der Waals surface area contributed by atoms with E-state index in [1.165, 1.54) is 16.4 Å². The summed E-state index contributed by atoms with van der Waals surface area (Å²) in [5.74, 6) is -0.394. The Morgan fingerprint density at radius 1 is 1.03 bits per heavy atom. The molecule has 0 spiro atoms. The number of benzene rings is 3. The summed E-state index contributed by atoms with van der Waals surface area (Å²) in [5, 5.41) is 2.83. The maximum atomic E-state index is 13.4. The van der Waals surface area contributed by atoms with Gasteiger partial charge in [-0.3, -0.25) is 13.9 Å². The van der Waals surface area contributed by atoms with Crippen LogP contribution in [0.15, 0.2) is 71.6 Å². The lowest BCUT2D eigenvalue weighted by atomic mass is 10.0.